The van der Waals surface area contributed by atoms with Gasteiger partial charge in [0.15, 0.2) is 11.6 Å². The number of nitrogens with two attached hydrogens (primary N) is 2. The van der Waals surface area contributed by atoms with Crippen LogP contribution in [0.5, 0.6) is 0 Å². The lowest BCUT2D eigenvalue weighted by molar-refractivity contribution is -0.137. The molecule has 0 atom stereocenters. The molecule has 10 heteroatoms. The highest BCUT2D eigenvalue weighted by Crippen LogP contribution is 2.36. The third-order valence-corrected chi connectivity index (χ3v) is 2.52. The first-order valence-corrected chi connectivity index (χ1v) is 5.12. The van der Waals surface area contributed by atoms with Crippen LogP contribution in [-0.4, -0.2) is 14.8 Å². The summed E-state index contributed by atoms with van der Waals surface area (Å²) in [6.45, 7) is 0. The lowest BCUT2D eigenvalue weighted by Gasteiger charge is -2.13. The molecule has 2 aromatic heterocycles. The van der Waals surface area contributed by atoms with E-state index in [1.807, 2.05) is 0 Å². The van der Waals surface area contributed by atoms with Gasteiger partial charge in [0.05, 0.1) is 16.9 Å². The van der Waals surface area contributed by atoms with Gasteiger partial charge in [0.2, 0.25) is 5.95 Å². The summed E-state index contributed by atoms with van der Waals surface area (Å²) in [7, 11) is 0. The number of nitrogen functional groups attached to an aromatic ring is 2. The van der Waals surface area contributed by atoms with E-state index < -0.39 is 28.5 Å². The Kier molecular flexibility index (Phi) is 3.01. The molecule has 0 aliphatic rings. The molecule has 2 aromatic rings. The van der Waals surface area contributed by atoms with Gasteiger partial charge in [0, 0.05) is 0 Å². The molecule has 0 bridgehead atoms. The first-order chi connectivity index (χ1) is 8.71. The van der Waals surface area contributed by atoms with Crippen molar-refractivity contribution in [3.05, 3.63) is 28.8 Å². The van der Waals surface area contributed by atoms with Crippen molar-refractivity contribution in [2.45, 2.75) is 6.18 Å². The lowest BCUT2D eigenvalue weighted by atomic mass is 10.2. The first-order valence-electron chi connectivity index (χ1n) is 4.74. The fraction of sp³-hybridized carbons (Fsp3) is 0.111. The second-order valence-electron chi connectivity index (χ2n) is 3.53. The van der Waals surface area contributed by atoms with Gasteiger partial charge >= 0.3 is 6.18 Å². The smallest absolute Gasteiger partial charge is 0.394 e. The topological polar surface area (TPSA) is 82.8 Å². The van der Waals surface area contributed by atoms with E-state index in [0.717, 1.165) is 6.20 Å². The van der Waals surface area contributed by atoms with Crippen LogP contribution >= 0.6 is 11.6 Å². The highest BCUT2D eigenvalue weighted by Gasteiger charge is 2.37. The van der Waals surface area contributed by atoms with Gasteiger partial charge in [-0.2, -0.15) is 32.3 Å². The maximum Gasteiger partial charge on any atom is 0.420 e. The van der Waals surface area contributed by atoms with Gasteiger partial charge < -0.3 is 11.5 Å². The zero-order valence-corrected chi connectivity index (χ0v) is 9.80. The number of alkyl halides is 3. The van der Waals surface area contributed by atoms with Crippen molar-refractivity contribution in [1.29, 1.82) is 0 Å². The molecule has 0 radical (unpaired) electrons. The van der Waals surface area contributed by atoms with Crippen LogP contribution in [0.2, 0.25) is 5.02 Å². The highest BCUT2D eigenvalue weighted by atomic mass is 35.5. The Bertz CT molecular complexity index is 636. The average molecular weight is 296 g/mol. The Hall–Kier alpha value is -2.03. The third kappa shape index (κ3) is 2.28. The van der Waals surface area contributed by atoms with E-state index in [4.69, 9.17) is 23.1 Å². The van der Waals surface area contributed by atoms with Crippen molar-refractivity contribution in [2.24, 2.45) is 0 Å². The number of pyridine rings is 1. The summed E-state index contributed by atoms with van der Waals surface area (Å²) in [6.07, 6.45) is -3.77. The summed E-state index contributed by atoms with van der Waals surface area (Å²) in [4.78, 5) is 3.13. The molecule has 0 saturated carbocycles. The third-order valence-electron chi connectivity index (χ3n) is 2.26. The van der Waals surface area contributed by atoms with Crippen LogP contribution in [0.1, 0.15) is 5.56 Å². The summed E-state index contributed by atoms with van der Waals surface area (Å²) in [5, 5.41) is 2.77. The van der Waals surface area contributed by atoms with Crippen molar-refractivity contribution in [1.82, 2.24) is 14.8 Å². The van der Waals surface area contributed by atoms with Crippen LogP contribution < -0.4 is 11.5 Å². The van der Waals surface area contributed by atoms with Crippen molar-refractivity contribution < 1.29 is 17.6 Å². The van der Waals surface area contributed by atoms with E-state index in [1.54, 1.807) is 0 Å². The summed E-state index contributed by atoms with van der Waals surface area (Å²) >= 11 is 5.30. The molecule has 0 unspecified atom stereocenters. The van der Waals surface area contributed by atoms with Crippen LogP contribution in [0.3, 0.4) is 0 Å². The van der Waals surface area contributed by atoms with E-state index in [-0.39, 0.29) is 11.5 Å². The molecule has 0 fully saturated rings. The summed E-state index contributed by atoms with van der Waals surface area (Å²) in [5.41, 5.74) is 9.50. The quantitative estimate of drug-likeness (QED) is 0.624. The molecule has 2 rings (SSSR count). The van der Waals surface area contributed by atoms with Crippen molar-refractivity contribution in [2.75, 3.05) is 11.5 Å². The van der Waals surface area contributed by atoms with Gasteiger partial charge in [-0.25, -0.2) is 0 Å². The van der Waals surface area contributed by atoms with Gasteiger partial charge in [0.25, 0.3) is 0 Å². The molecule has 0 spiro atoms. The van der Waals surface area contributed by atoms with E-state index in [1.165, 1.54) is 0 Å². The van der Waals surface area contributed by atoms with Crippen molar-refractivity contribution >= 4 is 23.1 Å². The molecule has 4 N–H and O–H groups in total. The molecule has 5 nitrogen and oxygen atoms in total. The van der Waals surface area contributed by atoms with E-state index in [0.29, 0.717) is 10.7 Å². The number of hydrogen-bond acceptors (Lipinski definition) is 4. The molecule has 0 aliphatic carbocycles. The summed E-state index contributed by atoms with van der Waals surface area (Å²) in [5.74, 6) is -2.37. The minimum Gasteiger partial charge on any atom is -0.394 e. The minimum atomic E-state index is -4.80. The zero-order chi connectivity index (χ0) is 14.4. The van der Waals surface area contributed by atoms with E-state index >= 15 is 0 Å². The van der Waals surface area contributed by atoms with Crippen LogP contribution in [0.15, 0.2) is 12.3 Å². The van der Waals surface area contributed by atoms with Gasteiger partial charge in [-0.05, 0) is 6.07 Å². The van der Waals surface area contributed by atoms with E-state index in [9.17, 15) is 17.6 Å². The van der Waals surface area contributed by atoms with Crippen LogP contribution in [0.25, 0.3) is 5.82 Å². The Morgan fingerprint density at radius 2 is 1.89 bits per heavy atom. The number of halogens is 5. The fourth-order valence-corrected chi connectivity index (χ4v) is 1.52. The maximum atomic E-state index is 13.2. The summed E-state index contributed by atoms with van der Waals surface area (Å²) < 4.78 is 52.4. The zero-order valence-electron chi connectivity index (χ0n) is 9.04. The van der Waals surface area contributed by atoms with Crippen molar-refractivity contribution in [3.63, 3.8) is 0 Å². The Morgan fingerprint density at radius 1 is 1.26 bits per heavy atom. The maximum absolute atomic E-state index is 13.2. The van der Waals surface area contributed by atoms with E-state index in [2.05, 4.69) is 10.1 Å². The number of nitrogens with zero attached hydrogens (tertiary/aromatic N) is 3. The standard InChI is InChI=1S/C9H6ClF4N5/c10-4-1-3(9(12,13)14)8(18-6(4)11)19-7(16)5(15)2-17-19/h1-2H,15-16H2. The number of hydrogen-bond donors (Lipinski definition) is 2. The fourth-order valence-electron chi connectivity index (χ4n) is 1.37. The Morgan fingerprint density at radius 3 is 2.37 bits per heavy atom. The normalized spacial score (nSPS) is 11.8. The Labute approximate surface area is 108 Å². The van der Waals surface area contributed by atoms with Crippen LogP contribution in [0.4, 0.5) is 29.1 Å². The first kappa shape index (κ1) is 13.4. The van der Waals surface area contributed by atoms with Gasteiger partial charge in [0.1, 0.15) is 5.56 Å². The molecule has 0 aromatic carbocycles. The monoisotopic (exact) mass is 295 g/mol. The molecule has 0 aliphatic heterocycles. The molecule has 0 saturated heterocycles. The second kappa shape index (κ2) is 4.26. The van der Waals surface area contributed by atoms with Gasteiger partial charge in [-0.1, -0.05) is 11.6 Å². The predicted octanol–water partition coefficient (Wildman–Crippen LogP) is 2.24. The lowest BCUT2D eigenvalue weighted by Crippen LogP contribution is -2.16. The minimum absolute atomic E-state index is 0.0507. The largest absolute Gasteiger partial charge is 0.420 e. The average Bonchev–Trinajstić information content (AvgIpc) is 2.62. The summed E-state index contributed by atoms with van der Waals surface area (Å²) in [6, 6.07) is 0.413. The highest BCUT2D eigenvalue weighted by molar-refractivity contribution is 6.30. The van der Waals surface area contributed by atoms with Crippen LogP contribution in [-0.2, 0) is 6.18 Å². The van der Waals surface area contributed by atoms with Crippen LogP contribution in [0, 0.1) is 5.95 Å². The van der Waals surface area contributed by atoms with Gasteiger partial charge in [-0.15, -0.1) is 0 Å². The molecule has 102 valence electrons. The molecule has 0 amide bonds. The SMILES string of the molecule is Nc1cnn(-c2nc(F)c(Cl)cc2C(F)(F)F)c1N. The molecular weight excluding hydrogens is 290 g/mol. The number of aromatic nitrogens is 3. The molecule has 19 heavy (non-hydrogen) atoms. The Balaban J connectivity index is 2.75. The number of rotatable bonds is 1. The predicted molar refractivity (Wildman–Crippen MR) is 60.2 cm³/mol. The second-order valence-corrected chi connectivity index (χ2v) is 3.93. The molecular formula is C9H6ClF4N5. The van der Waals surface area contributed by atoms with Crippen molar-refractivity contribution in [3.8, 4) is 5.82 Å². The van der Waals surface area contributed by atoms with Gasteiger partial charge in [-0.3, -0.25) is 0 Å². The molecule has 2 heterocycles. The number of anilines is 2.